The predicted octanol–water partition coefficient (Wildman–Crippen LogP) is 4.42. The third-order valence-electron chi connectivity index (χ3n) is 3.99. The number of nitrogens with one attached hydrogen (secondary N) is 2. The summed E-state index contributed by atoms with van der Waals surface area (Å²) >= 11 is 3.02. The zero-order valence-electron chi connectivity index (χ0n) is 14.6. The minimum Gasteiger partial charge on any atom is -0.348 e. The number of hydrogen-bond donors (Lipinski definition) is 2. The van der Waals surface area contributed by atoms with E-state index in [1.54, 1.807) is 12.1 Å². The lowest BCUT2D eigenvalue weighted by atomic mass is 10.0. The Morgan fingerprint density at radius 2 is 1.59 bits per heavy atom. The van der Waals surface area contributed by atoms with Crippen molar-refractivity contribution in [2.45, 2.75) is 25.4 Å². The highest BCUT2D eigenvalue weighted by atomic mass is 32.1. The molecule has 7 heteroatoms. The lowest BCUT2D eigenvalue weighted by Crippen LogP contribution is -2.34. The van der Waals surface area contributed by atoms with E-state index >= 15 is 0 Å². The molecule has 0 aliphatic heterocycles. The van der Waals surface area contributed by atoms with Gasteiger partial charge in [0.15, 0.2) is 0 Å². The molecule has 0 saturated heterocycles. The average Bonchev–Trinajstić information content (AvgIpc) is 3.33. The quantitative estimate of drug-likeness (QED) is 0.615. The van der Waals surface area contributed by atoms with Crippen LogP contribution in [0, 0.1) is 5.82 Å². The van der Waals surface area contributed by atoms with Crippen molar-refractivity contribution in [3.05, 3.63) is 80.4 Å². The molecule has 0 saturated carbocycles. The normalized spacial score (nSPS) is 13.0. The number of thiophene rings is 2. The Bertz CT molecular complexity index is 877. The van der Waals surface area contributed by atoms with E-state index in [-0.39, 0.29) is 36.1 Å². The highest BCUT2D eigenvalue weighted by Gasteiger charge is 2.22. The van der Waals surface area contributed by atoms with E-state index in [1.165, 1.54) is 41.7 Å². The van der Waals surface area contributed by atoms with E-state index in [9.17, 15) is 14.0 Å². The van der Waals surface area contributed by atoms with Crippen LogP contribution in [0.1, 0.15) is 40.7 Å². The summed E-state index contributed by atoms with van der Waals surface area (Å²) in [6.45, 7) is 1.44. The molecule has 2 N–H and O–H groups in total. The Kier molecular flexibility index (Phi) is 6.36. The maximum absolute atomic E-state index is 13.3. The summed E-state index contributed by atoms with van der Waals surface area (Å²) in [5.41, 5.74) is 0.805. The maximum atomic E-state index is 13.3. The summed E-state index contributed by atoms with van der Waals surface area (Å²) in [7, 11) is 0. The van der Waals surface area contributed by atoms with Gasteiger partial charge in [-0.2, -0.15) is 0 Å². The van der Waals surface area contributed by atoms with Crippen molar-refractivity contribution in [2.24, 2.45) is 0 Å². The van der Waals surface area contributed by atoms with Crippen molar-refractivity contribution < 1.29 is 14.0 Å². The van der Waals surface area contributed by atoms with E-state index in [0.29, 0.717) is 0 Å². The van der Waals surface area contributed by atoms with Crippen LogP contribution in [0.5, 0.6) is 0 Å². The average molecular weight is 403 g/mol. The first kappa shape index (κ1) is 19.3. The van der Waals surface area contributed by atoms with Gasteiger partial charge >= 0.3 is 0 Å². The van der Waals surface area contributed by atoms with E-state index in [4.69, 9.17) is 0 Å². The fourth-order valence-corrected chi connectivity index (χ4v) is 4.37. The number of carbonyl (C=O) groups excluding carboxylic acids is 2. The number of hydrogen-bond acceptors (Lipinski definition) is 4. The largest absolute Gasteiger partial charge is 0.348 e. The fourth-order valence-electron chi connectivity index (χ4n) is 2.79. The van der Waals surface area contributed by atoms with E-state index in [0.717, 1.165) is 15.3 Å². The number of carbonyl (C=O) groups is 2. The maximum Gasteiger partial charge on any atom is 0.223 e. The van der Waals surface area contributed by atoms with Crippen LogP contribution in [-0.4, -0.2) is 11.8 Å². The Morgan fingerprint density at radius 3 is 2.15 bits per heavy atom. The van der Waals surface area contributed by atoms with Crippen LogP contribution in [0.15, 0.2) is 59.3 Å². The van der Waals surface area contributed by atoms with Gasteiger partial charge in [-0.1, -0.05) is 24.3 Å². The topological polar surface area (TPSA) is 58.2 Å². The first-order chi connectivity index (χ1) is 13.0. The van der Waals surface area contributed by atoms with Crippen molar-refractivity contribution in [1.82, 2.24) is 10.6 Å². The van der Waals surface area contributed by atoms with Gasteiger partial charge in [0.25, 0.3) is 0 Å². The Labute approximate surface area is 165 Å². The summed E-state index contributed by atoms with van der Waals surface area (Å²) < 4.78 is 13.3. The summed E-state index contributed by atoms with van der Waals surface area (Å²) in [5.74, 6) is -0.696. The van der Waals surface area contributed by atoms with Gasteiger partial charge < -0.3 is 10.6 Å². The van der Waals surface area contributed by atoms with Gasteiger partial charge in [0, 0.05) is 16.7 Å². The predicted molar refractivity (Wildman–Crippen MR) is 106 cm³/mol. The molecule has 0 aliphatic rings. The van der Waals surface area contributed by atoms with Crippen molar-refractivity contribution >= 4 is 34.5 Å². The molecule has 0 bridgehead atoms. The monoisotopic (exact) mass is 402 g/mol. The molecule has 2 unspecified atom stereocenters. The van der Waals surface area contributed by atoms with Crippen molar-refractivity contribution in [2.75, 3.05) is 0 Å². The number of benzene rings is 1. The molecular formula is C20H19FN2O2S2. The minimum atomic E-state index is -0.375. The van der Waals surface area contributed by atoms with Crippen LogP contribution in [0.3, 0.4) is 0 Å². The molecule has 0 aliphatic carbocycles. The van der Waals surface area contributed by atoms with Gasteiger partial charge in [-0.15, -0.1) is 22.7 Å². The number of amides is 2. The SMILES string of the molecule is CC(=O)NC(CC(=O)NC(c1ccc(F)cc1)c1cccs1)c1cccs1. The second-order valence-electron chi connectivity index (χ2n) is 6.04. The molecule has 2 amide bonds. The first-order valence-electron chi connectivity index (χ1n) is 8.41. The third-order valence-corrected chi connectivity index (χ3v) is 5.91. The molecule has 0 radical (unpaired) electrons. The van der Waals surface area contributed by atoms with Gasteiger partial charge in [0.05, 0.1) is 18.5 Å². The molecule has 3 rings (SSSR count). The van der Waals surface area contributed by atoms with E-state index in [2.05, 4.69) is 10.6 Å². The summed E-state index contributed by atoms with van der Waals surface area (Å²) in [5, 5.41) is 9.70. The standard InChI is InChI=1S/C20H19FN2O2S2/c1-13(24)22-16(17-4-2-10-26-17)12-19(25)23-20(18-5-3-11-27-18)14-6-8-15(21)9-7-14/h2-11,16,20H,12H2,1H3,(H,22,24)(H,23,25). The van der Waals surface area contributed by atoms with Crippen LogP contribution in [0.25, 0.3) is 0 Å². The molecule has 2 heterocycles. The van der Waals surface area contributed by atoms with Gasteiger partial charge in [0.2, 0.25) is 11.8 Å². The van der Waals surface area contributed by atoms with Crippen LogP contribution in [0.2, 0.25) is 0 Å². The molecule has 4 nitrogen and oxygen atoms in total. The second-order valence-corrected chi connectivity index (χ2v) is 8.00. The summed E-state index contributed by atoms with van der Waals surface area (Å²) in [4.78, 5) is 26.2. The molecular weight excluding hydrogens is 383 g/mol. The molecule has 1 aromatic carbocycles. The first-order valence-corrected chi connectivity index (χ1v) is 10.2. The van der Waals surface area contributed by atoms with Crippen LogP contribution in [0.4, 0.5) is 4.39 Å². The Hall–Kier alpha value is -2.51. The molecule has 3 aromatic rings. The minimum absolute atomic E-state index is 0.128. The van der Waals surface area contributed by atoms with Gasteiger partial charge in [-0.25, -0.2) is 4.39 Å². The molecule has 0 fully saturated rings. The van der Waals surface area contributed by atoms with Gasteiger partial charge in [-0.3, -0.25) is 9.59 Å². The second kappa shape index (κ2) is 8.92. The van der Waals surface area contributed by atoms with Crippen LogP contribution >= 0.6 is 22.7 Å². The van der Waals surface area contributed by atoms with Crippen molar-refractivity contribution in [1.29, 1.82) is 0 Å². The number of rotatable bonds is 7. The van der Waals surface area contributed by atoms with E-state index in [1.807, 2.05) is 35.0 Å². The molecule has 140 valence electrons. The van der Waals surface area contributed by atoms with Crippen molar-refractivity contribution in [3.63, 3.8) is 0 Å². The zero-order chi connectivity index (χ0) is 19.2. The molecule has 27 heavy (non-hydrogen) atoms. The Balaban J connectivity index is 1.77. The Morgan fingerprint density at radius 1 is 0.963 bits per heavy atom. The smallest absolute Gasteiger partial charge is 0.223 e. The number of halogens is 1. The summed E-state index contributed by atoms with van der Waals surface area (Å²) in [6, 6.07) is 13.0. The lowest BCUT2D eigenvalue weighted by molar-refractivity contribution is -0.123. The van der Waals surface area contributed by atoms with Gasteiger partial charge in [-0.05, 0) is 40.6 Å². The zero-order valence-corrected chi connectivity index (χ0v) is 16.3. The highest BCUT2D eigenvalue weighted by molar-refractivity contribution is 7.10. The van der Waals surface area contributed by atoms with Gasteiger partial charge in [0.1, 0.15) is 5.82 Å². The van der Waals surface area contributed by atoms with Crippen LogP contribution < -0.4 is 10.6 Å². The molecule has 0 spiro atoms. The van der Waals surface area contributed by atoms with Crippen LogP contribution in [-0.2, 0) is 9.59 Å². The lowest BCUT2D eigenvalue weighted by Gasteiger charge is -2.21. The molecule has 2 atom stereocenters. The third kappa shape index (κ3) is 5.24. The van der Waals surface area contributed by atoms with Crippen molar-refractivity contribution in [3.8, 4) is 0 Å². The highest BCUT2D eigenvalue weighted by Crippen LogP contribution is 2.28. The molecule has 2 aromatic heterocycles. The van der Waals surface area contributed by atoms with E-state index < -0.39 is 0 Å². The fraction of sp³-hybridized carbons (Fsp3) is 0.200. The summed E-state index contributed by atoms with van der Waals surface area (Å²) in [6.07, 6.45) is 0.128.